The van der Waals surface area contributed by atoms with Crippen molar-refractivity contribution >= 4 is 17.5 Å². The second-order valence-electron chi connectivity index (χ2n) is 8.39. The van der Waals surface area contributed by atoms with E-state index >= 15 is 0 Å². The standard InChI is InChI=1S/C25H30N6O/c1-19(2)31(17-20-8-4-3-5-9-20)25(32)18-30-15-7-11-22(30)21-10-6-12-23(28-21)29-24-16-26-13-14-27-24/h3-6,8-10,12-14,16,19,22H,7,11,15,17-18H2,1-2H3,(H,27,28,29)/t22-/m0/s1. The van der Waals surface area contributed by atoms with E-state index in [9.17, 15) is 4.79 Å². The second kappa shape index (κ2) is 10.3. The van der Waals surface area contributed by atoms with E-state index in [1.165, 1.54) is 0 Å². The number of amides is 1. The molecule has 166 valence electrons. The Morgan fingerprint density at radius 1 is 1.12 bits per heavy atom. The fourth-order valence-electron chi connectivity index (χ4n) is 4.16. The third kappa shape index (κ3) is 5.48. The van der Waals surface area contributed by atoms with Gasteiger partial charge in [-0.1, -0.05) is 36.4 Å². The highest BCUT2D eigenvalue weighted by molar-refractivity contribution is 5.78. The molecule has 2 aromatic heterocycles. The van der Waals surface area contributed by atoms with Crippen LogP contribution in [0, 0.1) is 0 Å². The fourth-order valence-corrected chi connectivity index (χ4v) is 4.16. The summed E-state index contributed by atoms with van der Waals surface area (Å²) in [6.07, 6.45) is 7.01. The van der Waals surface area contributed by atoms with Crippen LogP contribution in [-0.4, -0.2) is 49.8 Å². The highest BCUT2D eigenvalue weighted by Crippen LogP contribution is 2.31. The van der Waals surface area contributed by atoms with E-state index in [0.717, 1.165) is 36.5 Å². The number of nitrogens with zero attached hydrogens (tertiary/aromatic N) is 5. The summed E-state index contributed by atoms with van der Waals surface area (Å²) in [4.78, 5) is 30.6. The van der Waals surface area contributed by atoms with Gasteiger partial charge >= 0.3 is 0 Å². The van der Waals surface area contributed by atoms with E-state index in [0.29, 0.717) is 18.9 Å². The van der Waals surface area contributed by atoms with E-state index in [1.54, 1.807) is 18.6 Å². The van der Waals surface area contributed by atoms with Gasteiger partial charge in [-0.05, 0) is 50.9 Å². The molecule has 1 N–H and O–H groups in total. The number of aromatic nitrogens is 3. The van der Waals surface area contributed by atoms with Crippen LogP contribution in [0.4, 0.5) is 11.6 Å². The first kappa shape index (κ1) is 21.9. The molecule has 1 aromatic carbocycles. The number of nitrogens with one attached hydrogen (secondary N) is 1. The Bertz CT molecular complexity index is 1010. The highest BCUT2D eigenvalue weighted by atomic mass is 16.2. The van der Waals surface area contributed by atoms with Crippen molar-refractivity contribution in [2.75, 3.05) is 18.4 Å². The number of likely N-dealkylation sites (tertiary alicyclic amines) is 1. The van der Waals surface area contributed by atoms with Crippen LogP contribution in [0.25, 0.3) is 0 Å². The summed E-state index contributed by atoms with van der Waals surface area (Å²) in [5.41, 5.74) is 2.13. The van der Waals surface area contributed by atoms with Gasteiger partial charge in [0.25, 0.3) is 0 Å². The molecule has 0 bridgehead atoms. The zero-order chi connectivity index (χ0) is 22.3. The minimum absolute atomic E-state index is 0.133. The molecule has 1 aliphatic heterocycles. The van der Waals surface area contributed by atoms with Crippen molar-refractivity contribution in [1.82, 2.24) is 24.8 Å². The Hall–Kier alpha value is -3.32. The Morgan fingerprint density at radius 3 is 2.72 bits per heavy atom. The third-order valence-electron chi connectivity index (χ3n) is 5.77. The van der Waals surface area contributed by atoms with E-state index < -0.39 is 0 Å². The Labute approximate surface area is 189 Å². The lowest BCUT2D eigenvalue weighted by atomic mass is 10.1. The number of benzene rings is 1. The summed E-state index contributed by atoms with van der Waals surface area (Å²) >= 11 is 0. The Kier molecular flexibility index (Phi) is 7.07. The van der Waals surface area contributed by atoms with Crippen molar-refractivity contribution in [3.8, 4) is 0 Å². The van der Waals surface area contributed by atoms with Crippen LogP contribution in [0.5, 0.6) is 0 Å². The molecule has 3 aromatic rings. The molecule has 0 unspecified atom stereocenters. The summed E-state index contributed by atoms with van der Waals surface area (Å²) in [5, 5.41) is 3.21. The molecule has 0 aliphatic carbocycles. The molecule has 4 rings (SSSR count). The molecule has 0 radical (unpaired) electrons. The van der Waals surface area contributed by atoms with Crippen molar-refractivity contribution < 1.29 is 4.79 Å². The second-order valence-corrected chi connectivity index (χ2v) is 8.39. The quantitative estimate of drug-likeness (QED) is 0.578. The van der Waals surface area contributed by atoms with Gasteiger partial charge in [0.1, 0.15) is 11.6 Å². The largest absolute Gasteiger partial charge is 0.335 e. The molecule has 3 heterocycles. The number of hydrogen-bond donors (Lipinski definition) is 1. The van der Waals surface area contributed by atoms with E-state index in [2.05, 4.69) is 46.2 Å². The lowest BCUT2D eigenvalue weighted by molar-refractivity contribution is -0.135. The fraction of sp³-hybridized carbons (Fsp3) is 0.360. The van der Waals surface area contributed by atoms with Crippen molar-refractivity contribution in [2.24, 2.45) is 0 Å². The van der Waals surface area contributed by atoms with Gasteiger partial charge in [0.2, 0.25) is 5.91 Å². The molecule has 0 saturated carbocycles. The van der Waals surface area contributed by atoms with E-state index in [1.807, 2.05) is 41.3 Å². The van der Waals surface area contributed by atoms with E-state index in [-0.39, 0.29) is 18.0 Å². The number of rotatable bonds is 8. The average Bonchev–Trinajstić information content (AvgIpc) is 3.27. The van der Waals surface area contributed by atoms with Gasteiger partial charge in [0.05, 0.1) is 24.5 Å². The zero-order valence-corrected chi connectivity index (χ0v) is 18.7. The maximum Gasteiger partial charge on any atom is 0.237 e. The first-order chi connectivity index (χ1) is 15.6. The van der Waals surface area contributed by atoms with Crippen LogP contribution in [0.2, 0.25) is 0 Å². The first-order valence-electron chi connectivity index (χ1n) is 11.2. The molecule has 0 spiro atoms. The zero-order valence-electron chi connectivity index (χ0n) is 18.7. The maximum atomic E-state index is 13.3. The number of anilines is 2. The van der Waals surface area contributed by atoms with Crippen molar-refractivity contribution in [2.45, 2.75) is 45.3 Å². The van der Waals surface area contributed by atoms with Crippen LogP contribution in [-0.2, 0) is 11.3 Å². The molecular weight excluding hydrogens is 400 g/mol. The van der Waals surface area contributed by atoms with E-state index in [4.69, 9.17) is 4.98 Å². The normalized spacial score (nSPS) is 16.3. The van der Waals surface area contributed by atoms with Crippen LogP contribution >= 0.6 is 0 Å². The van der Waals surface area contributed by atoms with Gasteiger partial charge < -0.3 is 10.2 Å². The molecule has 1 fully saturated rings. The van der Waals surface area contributed by atoms with Gasteiger partial charge in [-0.15, -0.1) is 0 Å². The van der Waals surface area contributed by atoms with Gasteiger partial charge in [0.15, 0.2) is 0 Å². The van der Waals surface area contributed by atoms with Gasteiger partial charge in [0, 0.05) is 25.0 Å². The lowest BCUT2D eigenvalue weighted by Crippen LogP contribution is -2.43. The minimum Gasteiger partial charge on any atom is -0.335 e. The summed E-state index contributed by atoms with van der Waals surface area (Å²) in [5.74, 6) is 1.54. The molecule has 32 heavy (non-hydrogen) atoms. The van der Waals surface area contributed by atoms with Crippen molar-refractivity contribution in [3.63, 3.8) is 0 Å². The number of pyridine rings is 1. The molecule has 1 amide bonds. The van der Waals surface area contributed by atoms with Gasteiger partial charge in [-0.3, -0.25) is 14.7 Å². The predicted molar refractivity (Wildman–Crippen MR) is 125 cm³/mol. The summed E-state index contributed by atoms with van der Waals surface area (Å²) in [6, 6.07) is 16.4. The maximum absolute atomic E-state index is 13.3. The topological polar surface area (TPSA) is 74.2 Å². The monoisotopic (exact) mass is 430 g/mol. The van der Waals surface area contributed by atoms with Crippen LogP contribution < -0.4 is 5.32 Å². The molecule has 1 aliphatic rings. The number of hydrogen-bond acceptors (Lipinski definition) is 6. The molecule has 1 atom stereocenters. The van der Waals surface area contributed by atoms with Crippen LogP contribution in [0.3, 0.4) is 0 Å². The lowest BCUT2D eigenvalue weighted by Gasteiger charge is -2.31. The summed E-state index contributed by atoms with van der Waals surface area (Å²) in [7, 11) is 0. The van der Waals surface area contributed by atoms with Crippen molar-refractivity contribution in [1.29, 1.82) is 0 Å². The minimum atomic E-state index is 0.133. The Balaban J connectivity index is 1.45. The molecule has 1 saturated heterocycles. The summed E-state index contributed by atoms with van der Waals surface area (Å²) in [6.45, 7) is 6.08. The van der Waals surface area contributed by atoms with Gasteiger partial charge in [-0.25, -0.2) is 9.97 Å². The van der Waals surface area contributed by atoms with Crippen LogP contribution in [0.15, 0.2) is 67.1 Å². The Morgan fingerprint density at radius 2 is 1.97 bits per heavy atom. The van der Waals surface area contributed by atoms with Crippen LogP contribution in [0.1, 0.15) is 44.0 Å². The predicted octanol–water partition coefficient (Wildman–Crippen LogP) is 4.19. The molecular formula is C25H30N6O. The first-order valence-corrected chi connectivity index (χ1v) is 11.2. The SMILES string of the molecule is CC(C)N(Cc1ccccc1)C(=O)CN1CCC[C@H]1c1cccc(Nc2cnccn2)n1. The number of carbonyl (C=O) groups is 1. The highest BCUT2D eigenvalue weighted by Gasteiger charge is 2.30. The van der Waals surface area contributed by atoms with Gasteiger partial charge in [-0.2, -0.15) is 0 Å². The summed E-state index contributed by atoms with van der Waals surface area (Å²) < 4.78 is 0. The third-order valence-corrected chi connectivity index (χ3v) is 5.77. The average molecular weight is 431 g/mol. The molecule has 7 heteroatoms. The number of carbonyl (C=O) groups excluding carboxylic acids is 1. The van der Waals surface area contributed by atoms with Crippen molar-refractivity contribution in [3.05, 3.63) is 78.4 Å². The smallest absolute Gasteiger partial charge is 0.237 e. The molecule has 7 nitrogen and oxygen atoms in total.